The zero-order chi connectivity index (χ0) is 25.2. The van der Waals surface area contributed by atoms with E-state index >= 15 is 0 Å². The molecule has 35 heavy (non-hydrogen) atoms. The van der Waals surface area contributed by atoms with Crippen molar-refractivity contribution in [3.8, 4) is 5.75 Å². The van der Waals surface area contributed by atoms with E-state index in [0.29, 0.717) is 28.4 Å². The second-order valence-corrected chi connectivity index (χ2v) is 9.46. The molecule has 0 unspecified atom stereocenters. The molecule has 9 nitrogen and oxygen atoms in total. The Morgan fingerprint density at radius 2 is 2.03 bits per heavy atom. The number of carbonyl (C=O) groups is 1. The topological polar surface area (TPSA) is 114 Å². The molecule has 13 heteroatoms. The highest BCUT2D eigenvalue weighted by Crippen LogP contribution is 2.30. The van der Waals surface area contributed by atoms with Crippen molar-refractivity contribution >= 4 is 38.9 Å². The molecular formula is C22H24BrF3N6O3. The molecular weight excluding hydrogens is 533 g/mol. The number of alkyl halides is 3. The lowest BCUT2D eigenvalue weighted by Crippen LogP contribution is -2.37. The van der Waals surface area contributed by atoms with Gasteiger partial charge in [0.05, 0.1) is 12.7 Å². The van der Waals surface area contributed by atoms with E-state index in [0.717, 1.165) is 25.7 Å². The van der Waals surface area contributed by atoms with E-state index in [4.69, 9.17) is 0 Å². The second-order valence-electron chi connectivity index (χ2n) is 8.55. The third kappa shape index (κ3) is 6.53. The number of aromatic amines is 1. The lowest BCUT2D eigenvalue weighted by Gasteiger charge is -2.28. The molecule has 3 aromatic rings. The first-order valence-corrected chi connectivity index (χ1v) is 11.9. The zero-order valence-electron chi connectivity index (χ0n) is 18.8. The van der Waals surface area contributed by atoms with E-state index in [2.05, 4.69) is 46.3 Å². The van der Waals surface area contributed by atoms with Crippen LogP contribution in [0, 0.1) is 5.92 Å². The van der Waals surface area contributed by atoms with Gasteiger partial charge in [0.15, 0.2) is 5.65 Å². The minimum atomic E-state index is -4.87. The van der Waals surface area contributed by atoms with Gasteiger partial charge in [-0.05, 0) is 49.8 Å². The van der Waals surface area contributed by atoms with Crippen LogP contribution in [0.25, 0.3) is 11.2 Å². The largest absolute Gasteiger partial charge is 0.573 e. The summed E-state index contributed by atoms with van der Waals surface area (Å²) in [5.74, 6) is 0.279. The van der Waals surface area contributed by atoms with Crippen LogP contribution in [-0.2, 0) is 11.3 Å². The molecule has 0 atom stereocenters. The molecule has 2 heterocycles. The first kappa shape index (κ1) is 25.0. The molecule has 1 saturated carbocycles. The number of anilines is 1. The Kier molecular flexibility index (Phi) is 7.33. The highest BCUT2D eigenvalue weighted by molar-refractivity contribution is 9.10. The van der Waals surface area contributed by atoms with Gasteiger partial charge in [0.2, 0.25) is 11.9 Å². The summed E-state index contributed by atoms with van der Waals surface area (Å²) in [6.07, 6.45) is 0.286. The third-order valence-electron chi connectivity index (χ3n) is 5.89. The van der Waals surface area contributed by atoms with E-state index in [9.17, 15) is 22.8 Å². The zero-order valence-corrected chi connectivity index (χ0v) is 20.4. The number of nitrogens with zero attached hydrogens (tertiary/aromatic N) is 3. The van der Waals surface area contributed by atoms with E-state index in [-0.39, 0.29) is 29.7 Å². The van der Waals surface area contributed by atoms with Crippen LogP contribution in [0.2, 0.25) is 0 Å². The van der Waals surface area contributed by atoms with Crippen molar-refractivity contribution in [2.24, 2.45) is 5.92 Å². The maximum atomic E-state index is 12.8. The molecule has 1 aromatic carbocycles. The highest BCUT2D eigenvalue weighted by atomic mass is 79.9. The van der Waals surface area contributed by atoms with Gasteiger partial charge in [0, 0.05) is 29.5 Å². The fourth-order valence-corrected chi connectivity index (χ4v) is 4.69. The first-order valence-electron chi connectivity index (χ1n) is 11.1. The number of aromatic nitrogens is 4. The molecule has 1 aliphatic rings. The number of fused-ring (bicyclic) bond motifs is 1. The van der Waals surface area contributed by atoms with Crippen LogP contribution < -0.4 is 21.1 Å². The number of benzene rings is 1. The Hall–Kier alpha value is -3.09. The van der Waals surface area contributed by atoms with Crippen molar-refractivity contribution in [1.29, 1.82) is 0 Å². The maximum Gasteiger partial charge on any atom is 0.573 e. The molecule has 1 aliphatic carbocycles. The standard InChI is InChI=1S/C22H24BrF3N6O3/c1-12(33)29-16-5-2-13(3-6-16)9-27-20-28-10-17-19(31-20)32(21(34)30-17)11-14-8-15(23)4-7-18(14)35-22(24,25)26/h4,7-8,10,13,16H,2-3,5-6,9,11H2,1H3,(H,29,33)(H,30,34)(H,27,28,31)/t13-,16+. The number of amides is 1. The van der Waals surface area contributed by atoms with Crippen molar-refractivity contribution < 1.29 is 22.7 Å². The lowest BCUT2D eigenvalue weighted by atomic mass is 9.86. The van der Waals surface area contributed by atoms with Gasteiger partial charge < -0.3 is 20.4 Å². The van der Waals surface area contributed by atoms with E-state index < -0.39 is 17.8 Å². The summed E-state index contributed by atoms with van der Waals surface area (Å²) in [6.45, 7) is 1.96. The van der Waals surface area contributed by atoms with Crippen LogP contribution >= 0.6 is 15.9 Å². The van der Waals surface area contributed by atoms with Crippen LogP contribution in [0.4, 0.5) is 19.1 Å². The number of imidazole rings is 1. The Bertz CT molecular complexity index is 1270. The lowest BCUT2D eigenvalue weighted by molar-refractivity contribution is -0.274. The molecule has 0 radical (unpaired) electrons. The Balaban J connectivity index is 1.50. The van der Waals surface area contributed by atoms with Crippen molar-refractivity contribution in [1.82, 2.24) is 24.8 Å². The molecule has 0 aliphatic heterocycles. The van der Waals surface area contributed by atoms with Gasteiger partial charge in [0.25, 0.3) is 0 Å². The summed E-state index contributed by atoms with van der Waals surface area (Å²) in [5, 5.41) is 6.14. The number of nitrogens with one attached hydrogen (secondary N) is 3. The molecule has 4 rings (SSSR count). The summed E-state index contributed by atoms with van der Waals surface area (Å²) >= 11 is 3.25. The molecule has 0 bridgehead atoms. The SMILES string of the molecule is CC(=O)N[C@H]1CC[C@@H](CNc2ncc3[nH]c(=O)n(Cc4cc(Br)ccc4OC(F)(F)F)c3n2)CC1. The minimum absolute atomic E-state index is 0.0224. The van der Waals surface area contributed by atoms with E-state index in [1.54, 1.807) is 0 Å². The normalized spacial score (nSPS) is 18.4. The van der Waals surface area contributed by atoms with Crippen LogP contribution in [0.5, 0.6) is 5.75 Å². The Morgan fingerprint density at radius 3 is 2.71 bits per heavy atom. The van der Waals surface area contributed by atoms with E-state index in [1.807, 2.05) is 0 Å². The summed E-state index contributed by atoms with van der Waals surface area (Å²) in [6, 6.07) is 4.28. The van der Waals surface area contributed by atoms with Crippen LogP contribution in [0.3, 0.4) is 0 Å². The predicted octanol–water partition coefficient (Wildman–Crippen LogP) is 3.94. The van der Waals surface area contributed by atoms with Crippen LogP contribution in [-0.4, -0.2) is 44.4 Å². The van der Waals surface area contributed by atoms with Gasteiger partial charge in [-0.1, -0.05) is 15.9 Å². The smallest absolute Gasteiger partial charge is 0.405 e. The number of rotatable bonds is 7. The van der Waals surface area contributed by atoms with Gasteiger partial charge in [-0.3, -0.25) is 9.36 Å². The third-order valence-corrected chi connectivity index (χ3v) is 6.38. The molecule has 2 aromatic heterocycles. The fraction of sp³-hybridized carbons (Fsp3) is 0.455. The Labute approximate surface area is 206 Å². The summed E-state index contributed by atoms with van der Waals surface area (Å²) in [5.41, 5.74) is 0.258. The summed E-state index contributed by atoms with van der Waals surface area (Å²) in [4.78, 5) is 35.1. The minimum Gasteiger partial charge on any atom is -0.405 e. The van der Waals surface area contributed by atoms with Gasteiger partial charge in [-0.2, -0.15) is 4.98 Å². The summed E-state index contributed by atoms with van der Waals surface area (Å²) in [7, 11) is 0. The average molecular weight is 557 g/mol. The van der Waals surface area contributed by atoms with Crippen LogP contribution in [0.1, 0.15) is 38.2 Å². The Morgan fingerprint density at radius 1 is 1.29 bits per heavy atom. The van der Waals surface area contributed by atoms with E-state index in [1.165, 1.54) is 35.9 Å². The summed E-state index contributed by atoms with van der Waals surface area (Å²) < 4.78 is 44.5. The number of halogens is 4. The van der Waals surface area contributed by atoms with Crippen LogP contribution in [0.15, 0.2) is 33.7 Å². The molecule has 1 fully saturated rings. The highest BCUT2D eigenvalue weighted by Gasteiger charge is 2.32. The number of carbonyl (C=O) groups excluding carboxylic acids is 1. The monoisotopic (exact) mass is 556 g/mol. The number of hydrogen-bond acceptors (Lipinski definition) is 6. The van der Waals surface area contributed by atoms with Crippen molar-refractivity contribution in [2.45, 2.75) is 51.6 Å². The fourth-order valence-electron chi connectivity index (χ4n) is 4.28. The number of H-pyrrole nitrogens is 1. The second kappa shape index (κ2) is 10.3. The maximum absolute atomic E-state index is 12.8. The van der Waals surface area contributed by atoms with Gasteiger partial charge in [-0.25, -0.2) is 9.78 Å². The van der Waals surface area contributed by atoms with Gasteiger partial charge in [-0.15, -0.1) is 13.2 Å². The van der Waals surface area contributed by atoms with Crippen molar-refractivity contribution in [2.75, 3.05) is 11.9 Å². The first-order chi connectivity index (χ1) is 16.6. The number of ether oxygens (including phenoxy) is 1. The number of hydrogen-bond donors (Lipinski definition) is 3. The molecule has 188 valence electrons. The average Bonchev–Trinajstić information content (AvgIpc) is 3.08. The predicted molar refractivity (Wildman–Crippen MR) is 126 cm³/mol. The van der Waals surface area contributed by atoms with Gasteiger partial charge >= 0.3 is 12.1 Å². The quantitative estimate of drug-likeness (QED) is 0.406. The van der Waals surface area contributed by atoms with Gasteiger partial charge in [0.1, 0.15) is 11.3 Å². The molecule has 0 saturated heterocycles. The van der Waals surface area contributed by atoms with Crippen molar-refractivity contribution in [3.05, 3.63) is 44.9 Å². The van der Waals surface area contributed by atoms with Crippen molar-refractivity contribution in [3.63, 3.8) is 0 Å². The molecule has 0 spiro atoms. The molecule has 1 amide bonds. The molecule has 3 N–H and O–H groups in total.